The lowest BCUT2D eigenvalue weighted by Gasteiger charge is -2.41. The van der Waals surface area contributed by atoms with E-state index in [9.17, 15) is 14.0 Å². The minimum absolute atomic E-state index is 0.0423. The molecule has 0 spiro atoms. The normalized spacial score (nSPS) is 20.2. The minimum atomic E-state index is -0.269. The highest BCUT2D eigenvalue weighted by Gasteiger charge is 2.34. The van der Waals surface area contributed by atoms with Gasteiger partial charge in [-0.05, 0) is 72.7 Å². The Morgan fingerprint density at radius 2 is 1.92 bits per heavy atom. The van der Waals surface area contributed by atoms with Crippen LogP contribution in [0.5, 0.6) is 0 Å². The first-order valence-corrected chi connectivity index (χ1v) is 13.2. The topological polar surface area (TPSA) is 55.9 Å². The van der Waals surface area contributed by atoms with Crippen LogP contribution >= 0.6 is 11.3 Å². The number of anilines is 1. The maximum Gasteiger partial charge on any atom is 0.322 e. The van der Waals surface area contributed by atoms with Crippen LogP contribution in [0.2, 0.25) is 0 Å². The number of hydrogen-bond acceptors (Lipinski definition) is 4. The van der Waals surface area contributed by atoms with Crippen molar-refractivity contribution >= 4 is 29.0 Å². The van der Waals surface area contributed by atoms with Crippen molar-refractivity contribution in [1.29, 1.82) is 0 Å². The van der Waals surface area contributed by atoms with Gasteiger partial charge in [0.05, 0.1) is 12.6 Å². The van der Waals surface area contributed by atoms with E-state index in [0.717, 1.165) is 35.3 Å². The fraction of sp³-hybridized carbons (Fsp3) is 0.357. The van der Waals surface area contributed by atoms with Crippen molar-refractivity contribution in [3.63, 3.8) is 0 Å². The molecule has 1 N–H and O–H groups in total. The third-order valence-electron chi connectivity index (χ3n) is 7.08. The fourth-order valence-corrected chi connectivity index (χ4v) is 6.19. The molecule has 3 aromatic rings. The number of nitrogens with zero attached hydrogens (tertiary/aromatic N) is 3. The van der Waals surface area contributed by atoms with Crippen LogP contribution in [0, 0.1) is 12.7 Å². The Hall–Kier alpha value is -3.23. The summed E-state index contributed by atoms with van der Waals surface area (Å²) < 4.78 is 14.1. The summed E-state index contributed by atoms with van der Waals surface area (Å²) in [4.78, 5) is 33.4. The van der Waals surface area contributed by atoms with Crippen molar-refractivity contribution < 1.29 is 14.0 Å². The molecular weight excluding hydrogens is 475 g/mol. The van der Waals surface area contributed by atoms with Crippen molar-refractivity contribution in [3.05, 3.63) is 87.4 Å². The van der Waals surface area contributed by atoms with Crippen molar-refractivity contribution in [1.82, 2.24) is 14.7 Å². The third kappa shape index (κ3) is 5.15. The van der Waals surface area contributed by atoms with E-state index >= 15 is 0 Å². The van der Waals surface area contributed by atoms with Gasteiger partial charge >= 0.3 is 6.03 Å². The molecule has 2 aliphatic heterocycles. The van der Waals surface area contributed by atoms with Crippen molar-refractivity contribution in [3.8, 4) is 0 Å². The molecule has 0 aliphatic carbocycles. The summed E-state index contributed by atoms with van der Waals surface area (Å²) in [7, 11) is 0. The van der Waals surface area contributed by atoms with Gasteiger partial charge in [-0.25, -0.2) is 9.18 Å². The molecule has 2 atom stereocenters. The predicted molar refractivity (Wildman–Crippen MR) is 141 cm³/mol. The van der Waals surface area contributed by atoms with Gasteiger partial charge in [0.1, 0.15) is 5.82 Å². The molecule has 6 nitrogen and oxygen atoms in total. The van der Waals surface area contributed by atoms with Crippen LogP contribution in [-0.2, 0) is 11.2 Å². The highest BCUT2D eigenvalue weighted by Crippen LogP contribution is 2.37. The average Bonchev–Trinajstić information content (AvgIpc) is 3.32. The molecule has 3 heterocycles. The van der Waals surface area contributed by atoms with Gasteiger partial charge in [-0.15, -0.1) is 11.3 Å². The number of rotatable bonds is 4. The molecule has 3 amide bonds. The lowest BCUT2D eigenvalue weighted by molar-refractivity contribution is -0.135. The number of carbonyl (C=O) groups excluding carboxylic acids is 2. The van der Waals surface area contributed by atoms with E-state index in [0.29, 0.717) is 19.6 Å². The molecule has 2 aliphatic rings. The number of hydrogen-bond donors (Lipinski definition) is 1. The third-order valence-corrected chi connectivity index (χ3v) is 8.08. The summed E-state index contributed by atoms with van der Waals surface area (Å²) in [6.45, 7) is 6.43. The van der Waals surface area contributed by atoms with Crippen LogP contribution in [-0.4, -0.2) is 65.4 Å². The van der Waals surface area contributed by atoms with E-state index in [1.807, 2.05) is 49.1 Å². The first-order valence-electron chi connectivity index (χ1n) is 12.4. The van der Waals surface area contributed by atoms with E-state index < -0.39 is 0 Å². The second-order valence-electron chi connectivity index (χ2n) is 9.66. The zero-order valence-electron chi connectivity index (χ0n) is 20.6. The number of thiophene rings is 1. The second kappa shape index (κ2) is 10.4. The molecule has 0 unspecified atom stereocenters. The Balaban J connectivity index is 1.24. The molecule has 0 radical (unpaired) electrons. The van der Waals surface area contributed by atoms with Gasteiger partial charge in [0.25, 0.3) is 0 Å². The Labute approximate surface area is 215 Å². The maximum absolute atomic E-state index is 14.1. The molecule has 5 rings (SSSR count). The lowest BCUT2D eigenvalue weighted by atomic mass is 9.93. The van der Waals surface area contributed by atoms with Crippen LogP contribution in [0.25, 0.3) is 0 Å². The molecule has 188 valence electrons. The standard InChI is InChI=1S/C28H31FN4O2S/c1-19-5-3-8-23(15-19)30-28(35)33-13-12-31(17-20(33)2)26(34)18-32-11-9-25-24(10-14-36-25)27(32)21-6-4-7-22(29)16-21/h3-8,10,14-16,20,27H,9,11-13,17-18H2,1-2H3,(H,30,35)/t20-,27+/m1/s1. The summed E-state index contributed by atoms with van der Waals surface area (Å²) in [6.07, 6.45) is 0.884. The number of amides is 3. The lowest BCUT2D eigenvalue weighted by Crippen LogP contribution is -2.58. The Kier molecular flexibility index (Phi) is 7.07. The van der Waals surface area contributed by atoms with E-state index in [1.54, 1.807) is 28.4 Å². The van der Waals surface area contributed by atoms with Crippen LogP contribution < -0.4 is 5.32 Å². The van der Waals surface area contributed by atoms with Crippen LogP contribution in [0.4, 0.5) is 14.9 Å². The van der Waals surface area contributed by atoms with Crippen LogP contribution in [0.1, 0.15) is 34.5 Å². The second-order valence-corrected chi connectivity index (χ2v) is 10.7. The molecule has 2 aromatic carbocycles. The Bertz CT molecular complexity index is 1260. The smallest absolute Gasteiger partial charge is 0.322 e. The molecule has 8 heteroatoms. The van der Waals surface area contributed by atoms with Gasteiger partial charge in [-0.2, -0.15) is 0 Å². The molecule has 0 saturated carbocycles. The quantitative estimate of drug-likeness (QED) is 0.547. The molecule has 0 bridgehead atoms. The van der Waals surface area contributed by atoms with Gasteiger partial charge in [-0.3, -0.25) is 9.69 Å². The number of piperazine rings is 1. The van der Waals surface area contributed by atoms with Crippen molar-refractivity contribution in [2.45, 2.75) is 32.4 Å². The summed E-state index contributed by atoms with van der Waals surface area (Å²) in [5.74, 6) is -0.226. The Morgan fingerprint density at radius 3 is 2.69 bits per heavy atom. The summed E-state index contributed by atoms with van der Waals surface area (Å²) >= 11 is 1.72. The van der Waals surface area contributed by atoms with E-state index in [-0.39, 0.29) is 36.4 Å². The first kappa shape index (κ1) is 24.5. The monoisotopic (exact) mass is 506 g/mol. The summed E-state index contributed by atoms with van der Waals surface area (Å²) in [5, 5.41) is 5.05. The number of benzene rings is 2. The highest BCUT2D eigenvalue weighted by molar-refractivity contribution is 7.10. The zero-order chi connectivity index (χ0) is 25.2. The van der Waals surface area contributed by atoms with E-state index in [4.69, 9.17) is 0 Å². The predicted octanol–water partition coefficient (Wildman–Crippen LogP) is 4.91. The summed E-state index contributed by atoms with van der Waals surface area (Å²) in [6, 6.07) is 16.1. The van der Waals surface area contributed by atoms with Crippen molar-refractivity contribution in [2.24, 2.45) is 0 Å². The molecular formula is C28H31FN4O2S. The van der Waals surface area contributed by atoms with Gasteiger partial charge in [0.2, 0.25) is 5.91 Å². The number of halogens is 1. The Morgan fingerprint density at radius 1 is 1.08 bits per heavy atom. The average molecular weight is 507 g/mol. The number of aryl methyl sites for hydroxylation is 1. The van der Waals surface area contributed by atoms with Crippen molar-refractivity contribution in [2.75, 3.05) is 38.0 Å². The number of urea groups is 1. The number of nitrogens with one attached hydrogen (secondary N) is 1. The molecule has 1 saturated heterocycles. The highest BCUT2D eigenvalue weighted by atomic mass is 32.1. The fourth-order valence-electron chi connectivity index (χ4n) is 5.28. The largest absolute Gasteiger partial charge is 0.338 e. The van der Waals surface area contributed by atoms with Gasteiger partial charge in [0, 0.05) is 42.8 Å². The maximum atomic E-state index is 14.1. The van der Waals surface area contributed by atoms with Gasteiger partial charge in [-0.1, -0.05) is 24.3 Å². The van der Waals surface area contributed by atoms with Crippen LogP contribution in [0.3, 0.4) is 0 Å². The number of carbonyl (C=O) groups is 2. The first-order chi connectivity index (χ1) is 17.4. The van der Waals surface area contributed by atoms with E-state index in [2.05, 4.69) is 21.7 Å². The van der Waals surface area contributed by atoms with Gasteiger partial charge in [0.15, 0.2) is 0 Å². The van der Waals surface area contributed by atoms with Crippen LogP contribution in [0.15, 0.2) is 60.0 Å². The minimum Gasteiger partial charge on any atom is -0.338 e. The van der Waals surface area contributed by atoms with Gasteiger partial charge < -0.3 is 15.1 Å². The zero-order valence-corrected chi connectivity index (χ0v) is 21.4. The summed E-state index contributed by atoms with van der Waals surface area (Å²) in [5.41, 5.74) is 3.89. The SMILES string of the molecule is Cc1cccc(NC(=O)N2CCN(C(=O)CN3CCc4sccc4[C@@H]3c3cccc(F)c3)C[C@H]2C)c1. The molecule has 1 fully saturated rings. The van der Waals surface area contributed by atoms with E-state index in [1.165, 1.54) is 10.9 Å². The molecule has 36 heavy (non-hydrogen) atoms. The molecule has 1 aromatic heterocycles. The number of fused-ring (bicyclic) bond motifs is 1.